The van der Waals surface area contributed by atoms with Crippen molar-refractivity contribution in [1.82, 2.24) is 5.32 Å². The van der Waals surface area contributed by atoms with Crippen LogP contribution in [0.2, 0.25) is 0 Å². The summed E-state index contributed by atoms with van der Waals surface area (Å²) in [5.41, 5.74) is 1.81. The number of nitrogens with one attached hydrogen (secondary N) is 2. The Bertz CT molecular complexity index is 547. The number of rotatable bonds is 2. The van der Waals surface area contributed by atoms with Crippen LogP contribution >= 0.6 is 0 Å². The lowest BCUT2D eigenvalue weighted by Crippen LogP contribution is -2.62. The molecule has 4 rings (SSSR count). The van der Waals surface area contributed by atoms with Crippen LogP contribution in [0.3, 0.4) is 0 Å². The third kappa shape index (κ3) is 2.13. The standard InChI is InChI=1S/C17H23N3O/c21-16-17(8-10-18-11-9-17)19-14-6-1-2-7-15(14)20(16)12-13-4-3-5-13/h1-2,6-7,13,18-19H,3-5,8-12H2. The Morgan fingerprint density at radius 2 is 1.95 bits per heavy atom. The van der Waals surface area contributed by atoms with E-state index in [1.54, 1.807) is 0 Å². The largest absolute Gasteiger partial charge is 0.369 e. The van der Waals surface area contributed by atoms with Gasteiger partial charge in [0.05, 0.1) is 11.4 Å². The summed E-state index contributed by atoms with van der Waals surface area (Å²) < 4.78 is 0. The Labute approximate surface area is 125 Å². The topological polar surface area (TPSA) is 44.4 Å². The number of anilines is 2. The van der Waals surface area contributed by atoms with Gasteiger partial charge in [-0.1, -0.05) is 18.6 Å². The molecule has 1 aromatic rings. The van der Waals surface area contributed by atoms with Crippen LogP contribution in [0.5, 0.6) is 0 Å². The van der Waals surface area contributed by atoms with Gasteiger partial charge in [0.25, 0.3) is 5.91 Å². The van der Waals surface area contributed by atoms with Gasteiger partial charge in [0.2, 0.25) is 0 Å². The molecule has 2 N–H and O–H groups in total. The molecule has 112 valence electrons. The minimum absolute atomic E-state index is 0.287. The van der Waals surface area contributed by atoms with Crippen molar-refractivity contribution in [2.24, 2.45) is 5.92 Å². The van der Waals surface area contributed by atoms with Gasteiger partial charge >= 0.3 is 0 Å². The summed E-state index contributed by atoms with van der Waals surface area (Å²) in [5.74, 6) is 0.980. The van der Waals surface area contributed by atoms with Crippen molar-refractivity contribution in [3.8, 4) is 0 Å². The van der Waals surface area contributed by atoms with E-state index in [9.17, 15) is 4.79 Å². The second-order valence-electron chi connectivity index (χ2n) is 6.69. The van der Waals surface area contributed by atoms with Gasteiger partial charge in [-0.3, -0.25) is 4.79 Å². The van der Waals surface area contributed by atoms with Crippen LogP contribution in [0, 0.1) is 5.92 Å². The van der Waals surface area contributed by atoms with Crippen molar-refractivity contribution in [1.29, 1.82) is 0 Å². The highest BCUT2D eigenvalue weighted by Gasteiger charge is 2.46. The maximum absolute atomic E-state index is 13.2. The van der Waals surface area contributed by atoms with Crippen LogP contribution in [0.25, 0.3) is 0 Å². The van der Waals surface area contributed by atoms with Crippen LogP contribution in [-0.4, -0.2) is 31.1 Å². The van der Waals surface area contributed by atoms with E-state index in [0.29, 0.717) is 5.92 Å². The normalized spacial score (nSPS) is 24.4. The van der Waals surface area contributed by atoms with E-state index < -0.39 is 0 Å². The summed E-state index contributed by atoms with van der Waals surface area (Å²) >= 11 is 0. The number of carbonyl (C=O) groups is 1. The van der Waals surface area contributed by atoms with E-state index in [-0.39, 0.29) is 11.4 Å². The smallest absolute Gasteiger partial charge is 0.252 e. The molecule has 0 unspecified atom stereocenters. The van der Waals surface area contributed by atoms with Crippen LogP contribution in [0.15, 0.2) is 24.3 Å². The lowest BCUT2D eigenvalue weighted by Gasteiger charge is -2.47. The molecule has 0 aromatic heterocycles. The van der Waals surface area contributed by atoms with Crippen molar-refractivity contribution in [3.05, 3.63) is 24.3 Å². The molecule has 2 heterocycles. The van der Waals surface area contributed by atoms with Gasteiger partial charge in [-0.2, -0.15) is 0 Å². The highest BCUT2D eigenvalue weighted by molar-refractivity contribution is 6.08. The van der Waals surface area contributed by atoms with E-state index in [0.717, 1.165) is 43.9 Å². The van der Waals surface area contributed by atoms with Gasteiger partial charge in [-0.25, -0.2) is 0 Å². The first kappa shape index (κ1) is 13.1. The van der Waals surface area contributed by atoms with Crippen molar-refractivity contribution < 1.29 is 4.79 Å². The van der Waals surface area contributed by atoms with E-state index in [4.69, 9.17) is 0 Å². The number of carbonyl (C=O) groups excluding carboxylic acids is 1. The number of benzene rings is 1. The molecule has 0 radical (unpaired) electrons. The summed E-state index contributed by atoms with van der Waals surface area (Å²) in [6, 6.07) is 8.27. The molecule has 21 heavy (non-hydrogen) atoms. The zero-order valence-corrected chi connectivity index (χ0v) is 12.4. The molecule has 2 fully saturated rings. The molecule has 4 heteroatoms. The molecule has 1 spiro atoms. The molecule has 1 saturated heterocycles. The zero-order valence-electron chi connectivity index (χ0n) is 12.4. The summed E-state index contributed by atoms with van der Waals surface area (Å²) in [5, 5.41) is 6.94. The summed E-state index contributed by atoms with van der Waals surface area (Å²) in [4.78, 5) is 15.2. The fourth-order valence-electron chi connectivity index (χ4n) is 3.80. The first-order chi connectivity index (χ1) is 10.3. The molecule has 1 saturated carbocycles. The quantitative estimate of drug-likeness (QED) is 0.877. The average Bonchev–Trinajstić information content (AvgIpc) is 2.47. The lowest BCUT2D eigenvalue weighted by molar-refractivity contribution is -0.124. The van der Waals surface area contributed by atoms with Gasteiger partial charge in [0.1, 0.15) is 5.54 Å². The molecular weight excluding hydrogens is 262 g/mol. The summed E-state index contributed by atoms with van der Waals surface area (Å²) in [7, 11) is 0. The van der Waals surface area contributed by atoms with Crippen molar-refractivity contribution in [3.63, 3.8) is 0 Å². The SMILES string of the molecule is O=C1N(CC2CCC2)c2ccccc2NC12CCNCC2. The Morgan fingerprint density at radius 3 is 2.67 bits per heavy atom. The summed E-state index contributed by atoms with van der Waals surface area (Å²) in [6.07, 6.45) is 5.62. The van der Waals surface area contributed by atoms with Crippen molar-refractivity contribution >= 4 is 17.3 Å². The number of hydrogen-bond acceptors (Lipinski definition) is 3. The second kappa shape index (κ2) is 5.02. The predicted octanol–water partition coefficient (Wildman–Crippen LogP) is 2.37. The third-order valence-corrected chi connectivity index (χ3v) is 5.35. The van der Waals surface area contributed by atoms with Gasteiger partial charge in [0.15, 0.2) is 0 Å². The number of hydrogen-bond donors (Lipinski definition) is 2. The fraction of sp³-hybridized carbons (Fsp3) is 0.588. The predicted molar refractivity (Wildman–Crippen MR) is 84.6 cm³/mol. The van der Waals surface area contributed by atoms with Crippen LogP contribution in [-0.2, 0) is 4.79 Å². The number of amides is 1. The highest BCUT2D eigenvalue weighted by atomic mass is 16.2. The molecule has 1 aliphatic carbocycles. The summed E-state index contributed by atoms with van der Waals surface area (Å²) in [6.45, 7) is 2.73. The Kier molecular flexibility index (Phi) is 3.14. The fourth-order valence-corrected chi connectivity index (χ4v) is 3.80. The van der Waals surface area contributed by atoms with Crippen LogP contribution in [0.4, 0.5) is 11.4 Å². The zero-order chi connectivity index (χ0) is 14.3. The first-order valence-electron chi connectivity index (χ1n) is 8.18. The second-order valence-corrected chi connectivity index (χ2v) is 6.69. The van der Waals surface area contributed by atoms with Crippen LogP contribution < -0.4 is 15.5 Å². The number of para-hydroxylation sites is 2. The van der Waals surface area contributed by atoms with E-state index in [1.807, 2.05) is 6.07 Å². The minimum atomic E-state index is -0.386. The minimum Gasteiger partial charge on any atom is -0.369 e. The van der Waals surface area contributed by atoms with E-state index >= 15 is 0 Å². The molecule has 3 aliphatic rings. The van der Waals surface area contributed by atoms with Gasteiger partial charge < -0.3 is 15.5 Å². The van der Waals surface area contributed by atoms with Crippen molar-refractivity contribution in [2.45, 2.75) is 37.6 Å². The molecular formula is C17H23N3O. The Morgan fingerprint density at radius 1 is 1.19 bits per heavy atom. The Balaban J connectivity index is 1.70. The molecule has 2 aliphatic heterocycles. The maximum Gasteiger partial charge on any atom is 0.252 e. The maximum atomic E-state index is 13.2. The molecule has 0 atom stereocenters. The third-order valence-electron chi connectivity index (χ3n) is 5.35. The van der Waals surface area contributed by atoms with Crippen LogP contribution in [0.1, 0.15) is 32.1 Å². The van der Waals surface area contributed by atoms with Gasteiger partial charge in [-0.05, 0) is 56.8 Å². The van der Waals surface area contributed by atoms with Crippen molar-refractivity contribution in [2.75, 3.05) is 29.9 Å². The number of nitrogens with zero attached hydrogens (tertiary/aromatic N) is 1. The average molecular weight is 285 g/mol. The first-order valence-corrected chi connectivity index (χ1v) is 8.18. The highest BCUT2D eigenvalue weighted by Crippen LogP contribution is 2.40. The van der Waals surface area contributed by atoms with Gasteiger partial charge in [-0.15, -0.1) is 0 Å². The van der Waals surface area contributed by atoms with E-state index in [1.165, 1.54) is 19.3 Å². The van der Waals surface area contributed by atoms with Gasteiger partial charge in [0, 0.05) is 6.54 Å². The molecule has 1 aromatic carbocycles. The molecule has 0 bridgehead atoms. The number of fused-ring (bicyclic) bond motifs is 1. The number of piperidine rings is 1. The Hall–Kier alpha value is -1.55. The molecule has 1 amide bonds. The van der Waals surface area contributed by atoms with E-state index in [2.05, 4.69) is 33.7 Å². The molecule has 4 nitrogen and oxygen atoms in total. The lowest BCUT2D eigenvalue weighted by atomic mass is 9.81. The monoisotopic (exact) mass is 285 g/mol.